The second kappa shape index (κ2) is 6.43. The van der Waals surface area contributed by atoms with E-state index in [-0.39, 0.29) is 5.91 Å². The molecule has 1 aromatic carbocycles. The van der Waals surface area contributed by atoms with Crippen molar-refractivity contribution in [3.63, 3.8) is 0 Å². The number of likely N-dealkylation sites (tertiary alicyclic amines) is 2. The molecule has 0 radical (unpaired) electrons. The number of aryl methyl sites for hydroxylation is 1. The molecule has 0 aliphatic carbocycles. The summed E-state index contributed by atoms with van der Waals surface area (Å²) in [6.07, 6.45) is 7.30. The van der Waals surface area contributed by atoms with E-state index in [1.807, 2.05) is 0 Å². The van der Waals surface area contributed by atoms with Crippen LogP contribution in [-0.2, 0) is 10.5 Å². The topological polar surface area (TPSA) is 35.6 Å². The smallest absolute Gasteiger partial charge is 0.264 e. The number of anilines is 1. The predicted octanol–water partition coefficient (Wildman–Crippen LogP) is 3.83. The summed E-state index contributed by atoms with van der Waals surface area (Å²) in [6.45, 7) is 6.13. The Labute approximate surface area is 152 Å². The lowest BCUT2D eigenvalue weighted by molar-refractivity contribution is -0.147. The highest BCUT2D eigenvalue weighted by atomic mass is 79.9. The number of nitrogens with zero attached hydrogens (tertiary/aromatic N) is 2. The number of rotatable bonds is 2. The van der Waals surface area contributed by atoms with Crippen molar-refractivity contribution in [1.82, 2.24) is 9.80 Å². The number of carbonyl (C=O) groups excluding carboxylic acids is 1. The molecule has 1 aromatic rings. The predicted molar refractivity (Wildman–Crippen MR) is 100 cm³/mol. The fourth-order valence-corrected chi connectivity index (χ4v) is 5.34. The number of benzene rings is 1. The van der Waals surface area contributed by atoms with E-state index in [1.54, 1.807) is 0 Å². The maximum absolute atomic E-state index is 13.4. The van der Waals surface area contributed by atoms with Gasteiger partial charge < -0.3 is 5.32 Å². The van der Waals surface area contributed by atoms with Crippen LogP contribution in [-0.4, -0.2) is 41.9 Å². The van der Waals surface area contributed by atoms with Crippen molar-refractivity contribution in [3.8, 4) is 0 Å². The van der Waals surface area contributed by atoms with E-state index >= 15 is 0 Å². The number of hydrogen-bond acceptors (Lipinski definition) is 3. The molecular weight excluding hydrogens is 366 g/mol. The van der Waals surface area contributed by atoms with Crippen LogP contribution in [0, 0.1) is 6.92 Å². The van der Waals surface area contributed by atoms with Crippen molar-refractivity contribution in [2.45, 2.75) is 51.1 Å². The number of carbonyl (C=O) groups is 1. The molecule has 4 nitrogen and oxygen atoms in total. The highest BCUT2D eigenvalue weighted by molar-refractivity contribution is 9.10. The summed E-state index contributed by atoms with van der Waals surface area (Å²) in [6, 6.07) is 4.27. The molecule has 0 bridgehead atoms. The Morgan fingerprint density at radius 1 is 0.958 bits per heavy atom. The van der Waals surface area contributed by atoms with Gasteiger partial charge in [-0.1, -0.05) is 28.8 Å². The van der Waals surface area contributed by atoms with Gasteiger partial charge in [0, 0.05) is 36.2 Å². The Kier molecular flexibility index (Phi) is 4.43. The van der Waals surface area contributed by atoms with Crippen molar-refractivity contribution in [2.75, 3.05) is 31.5 Å². The van der Waals surface area contributed by atoms with E-state index in [0.717, 1.165) is 47.5 Å². The van der Waals surface area contributed by atoms with Gasteiger partial charge in [-0.25, -0.2) is 0 Å². The molecule has 2 fully saturated rings. The maximum atomic E-state index is 13.4. The van der Waals surface area contributed by atoms with Gasteiger partial charge in [-0.15, -0.1) is 0 Å². The summed E-state index contributed by atoms with van der Waals surface area (Å²) in [4.78, 5) is 18.3. The third kappa shape index (κ3) is 2.44. The molecule has 5 heteroatoms. The fraction of sp³-hybridized carbons (Fsp3) is 0.632. The molecule has 1 N–H and O–H groups in total. The molecule has 0 unspecified atom stereocenters. The molecule has 0 saturated carbocycles. The van der Waals surface area contributed by atoms with Gasteiger partial charge in [-0.3, -0.25) is 14.6 Å². The highest BCUT2D eigenvalue weighted by Gasteiger charge is 2.55. The summed E-state index contributed by atoms with van der Waals surface area (Å²) >= 11 is 3.66. The molecule has 1 amide bonds. The van der Waals surface area contributed by atoms with Crippen LogP contribution in [0.3, 0.4) is 0 Å². The maximum Gasteiger partial charge on any atom is 0.264 e. The van der Waals surface area contributed by atoms with Crippen LogP contribution >= 0.6 is 15.9 Å². The summed E-state index contributed by atoms with van der Waals surface area (Å²) in [5.74, 6) is 0.155. The molecule has 0 aromatic heterocycles. The zero-order valence-electron chi connectivity index (χ0n) is 14.4. The van der Waals surface area contributed by atoms with Crippen molar-refractivity contribution < 1.29 is 4.79 Å². The molecule has 3 aliphatic rings. The van der Waals surface area contributed by atoms with E-state index in [4.69, 9.17) is 0 Å². The van der Waals surface area contributed by atoms with E-state index in [9.17, 15) is 4.79 Å². The molecule has 130 valence electrons. The second-order valence-corrected chi connectivity index (χ2v) is 8.28. The van der Waals surface area contributed by atoms with Gasteiger partial charge in [0.15, 0.2) is 5.66 Å². The SMILES string of the molecule is Cc1cc(Br)cc2c1NC(=O)C2(N1CCCCC1)N1CCCCC1. The minimum Gasteiger partial charge on any atom is -0.322 e. The first-order valence-corrected chi connectivity index (χ1v) is 10.1. The summed E-state index contributed by atoms with van der Waals surface area (Å²) in [5.41, 5.74) is 2.72. The monoisotopic (exact) mass is 391 g/mol. The molecule has 4 rings (SSSR count). The summed E-state index contributed by atoms with van der Waals surface area (Å²) in [7, 11) is 0. The number of halogens is 1. The van der Waals surface area contributed by atoms with Gasteiger partial charge in [0.25, 0.3) is 5.91 Å². The third-order valence-corrected chi connectivity index (χ3v) is 6.32. The van der Waals surface area contributed by atoms with Gasteiger partial charge in [-0.05, 0) is 50.3 Å². The van der Waals surface area contributed by atoms with Gasteiger partial charge in [-0.2, -0.15) is 0 Å². The minimum atomic E-state index is -0.606. The minimum absolute atomic E-state index is 0.155. The Morgan fingerprint density at radius 2 is 1.50 bits per heavy atom. The van der Waals surface area contributed by atoms with Crippen molar-refractivity contribution in [1.29, 1.82) is 0 Å². The molecule has 3 aliphatic heterocycles. The zero-order chi connectivity index (χ0) is 16.7. The largest absolute Gasteiger partial charge is 0.322 e. The summed E-state index contributed by atoms with van der Waals surface area (Å²) < 4.78 is 1.06. The van der Waals surface area contributed by atoms with Gasteiger partial charge in [0.1, 0.15) is 0 Å². The number of hydrogen-bond donors (Lipinski definition) is 1. The Hall–Kier alpha value is -0.910. The van der Waals surface area contributed by atoms with Gasteiger partial charge in [0.2, 0.25) is 0 Å². The lowest BCUT2D eigenvalue weighted by atomic mass is 9.91. The van der Waals surface area contributed by atoms with Crippen molar-refractivity contribution >= 4 is 27.5 Å². The number of nitrogens with one attached hydrogen (secondary N) is 1. The van der Waals surface area contributed by atoms with E-state index in [2.05, 4.69) is 50.1 Å². The molecule has 24 heavy (non-hydrogen) atoms. The van der Waals surface area contributed by atoms with Crippen LogP contribution in [0.15, 0.2) is 16.6 Å². The summed E-state index contributed by atoms with van der Waals surface area (Å²) in [5, 5.41) is 3.24. The third-order valence-electron chi connectivity index (χ3n) is 5.86. The van der Waals surface area contributed by atoms with Gasteiger partial charge >= 0.3 is 0 Å². The second-order valence-electron chi connectivity index (χ2n) is 7.37. The first-order valence-electron chi connectivity index (χ1n) is 9.26. The standard InChI is InChI=1S/C19H26BrN3O/c1-14-12-15(20)13-16-17(14)21-18(24)19(16,22-8-4-2-5-9-22)23-10-6-3-7-11-23/h12-13H,2-11H2,1H3,(H,21,24). The Morgan fingerprint density at radius 3 is 2.04 bits per heavy atom. The van der Waals surface area contributed by atoms with Crippen molar-refractivity contribution in [2.24, 2.45) is 0 Å². The van der Waals surface area contributed by atoms with Crippen LogP contribution in [0.5, 0.6) is 0 Å². The number of amides is 1. The number of fused-ring (bicyclic) bond motifs is 1. The van der Waals surface area contributed by atoms with Crippen LogP contribution in [0.25, 0.3) is 0 Å². The van der Waals surface area contributed by atoms with Crippen molar-refractivity contribution in [3.05, 3.63) is 27.7 Å². The van der Waals surface area contributed by atoms with Crippen LogP contribution in [0.1, 0.15) is 49.7 Å². The van der Waals surface area contributed by atoms with Crippen LogP contribution in [0.2, 0.25) is 0 Å². The van der Waals surface area contributed by atoms with Gasteiger partial charge in [0.05, 0.1) is 5.69 Å². The van der Waals surface area contributed by atoms with Crippen LogP contribution in [0.4, 0.5) is 5.69 Å². The zero-order valence-corrected chi connectivity index (χ0v) is 16.0. The molecular formula is C19H26BrN3O. The molecule has 0 spiro atoms. The molecule has 2 saturated heterocycles. The Bertz CT molecular complexity index is 630. The quantitative estimate of drug-likeness (QED) is 0.831. The van der Waals surface area contributed by atoms with E-state index < -0.39 is 5.66 Å². The molecule has 0 atom stereocenters. The fourth-order valence-electron chi connectivity index (χ4n) is 4.77. The van der Waals surface area contributed by atoms with E-state index in [0.29, 0.717) is 0 Å². The first-order chi connectivity index (χ1) is 11.6. The number of piperidine rings is 2. The molecule has 3 heterocycles. The first kappa shape index (κ1) is 16.6. The lowest BCUT2D eigenvalue weighted by Crippen LogP contribution is -2.64. The van der Waals surface area contributed by atoms with Crippen LogP contribution < -0.4 is 5.32 Å². The average molecular weight is 392 g/mol. The normalized spacial score (nSPS) is 24.7. The average Bonchev–Trinajstić information content (AvgIpc) is 2.90. The highest BCUT2D eigenvalue weighted by Crippen LogP contribution is 2.47. The Balaban J connectivity index is 1.88. The van der Waals surface area contributed by atoms with E-state index in [1.165, 1.54) is 38.5 Å². The lowest BCUT2D eigenvalue weighted by Gasteiger charge is -2.49.